The average molecular weight is 282 g/mol. The van der Waals surface area contributed by atoms with Gasteiger partial charge in [0.2, 0.25) is 0 Å². The molecule has 0 heterocycles. The van der Waals surface area contributed by atoms with Crippen molar-refractivity contribution in [2.45, 2.75) is 19.9 Å². The maximum Gasteiger partial charge on any atom is 0.328 e. The van der Waals surface area contributed by atoms with Crippen LogP contribution in [0.3, 0.4) is 0 Å². The molecule has 4 nitrogen and oxygen atoms in total. The van der Waals surface area contributed by atoms with Crippen molar-refractivity contribution in [1.82, 2.24) is 5.32 Å². The van der Waals surface area contributed by atoms with Gasteiger partial charge in [-0.1, -0.05) is 35.9 Å². The van der Waals surface area contributed by atoms with Crippen molar-refractivity contribution in [3.63, 3.8) is 0 Å². The molecule has 0 saturated heterocycles. The molecule has 0 aromatic heterocycles. The molecule has 102 valence electrons. The first-order valence-electron chi connectivity index (χ1n) is 5.89. The molecule has 0 spiro atoms. The van der Waals surface area contributed by atoms with Crippen LogP contribution in [0.25, 0.3) is 0 Å². The molecule has 0 bridgehead atoms. The van der Waals surface area contributed by atoms with E-state index in [0.29, 0.717) is 10.6 Å². The van der Waals surface area contributed by atoms with Gasteiger partial charge in [0.15, 0.2) is 0 Å². The van der Waals surface area contributed by atoms with Gasteiger partial charge in [-0.25, -0.2) is 4.79 Å². The van der Waals surface area contributed by atoms with Gasteiger partial charge in [0, 0.05) is 0 Å². The third kappa shape index (κ3) is 4.75. The highest BCUT2D eigenvalue weighted by atomic mass is 35.5. The molecule has 1 amide bonds. The predicted octanol–water partition coefficient (Wildman–Crippen LogP) is 2.58. The van der Waals surface area contributed by atoms with Crippen LogP contribution in [-0.4, -0.2) is 24.5 Å². The molecular formula is C14H16ClNO3. The Bertz CT molecular complexity index is 485. The zero-order valence-electron chi connectivity index (χ0n) is 10.9. The summed E-state index contributed by atoms with van der Waals surface area (Å²) in [5.41, 5.74) is 0.331. The minimum absolute atomic E-state index is 0.196. The van der Waals surface area contributed by atoms with Crippen LogP contribution in [0.1, 0.15) is 24.2 Å². The van der Waals surface area contributed by atoms with Crippen LogP contribution in [-0.2, 0) is 9.53 Å². The van der Waals surface area contributed by atoms with Crippen LogP contribution in [0.2, 0.25) is 5.02 Å². The number of rotatable bonds is 5. The summed E-state index contributed by atoms with van der Waals surface area (Å²) in [7, 11) is 0. The maximum atomic E-state index is 11.9. The Morgan fingerprint density at radius 3 is 2.74 bits per heavy atom. The van der Waals surface area contributed by atoms with Gasteiger partial charge in [0.25, 0.3) is 5.91 Å². The minimum Gasteiger partial charge on any atom is -0.460 e. The second kappa shape index (κ2) is 7.59. The fraction of sp³-hybridized carbons (Fsp3) is 0.286. The molecular weight excluding hydrogens is 266 g/mol. The molecule has 0 unspecified atom stereocenters. The highest BCUT2D eigenvalue weighted by Gasteiger charge is 2.18. The third-order valence-electron chi connectivity index (χ3n) is 2.38. The van der Waals surface area contributed by atoms with Gasteiger partial charge in [-0.2, -0.15) is 0 Å². The monoisotopic (exact) mass is 281 g/mol. The van der Waals surface area contributed by atoms with Crippen LogP contribution in [0, 0.1) is 0 Å². The Morgan fingerprint density at radius 2 is 2.11 bits per heavy atom. The van der Waals surface area contributed by atoms with Gasteiger partial charge >= 0.3 is 5.97 Å². The van der Waals surface area contributed by atoms with Crippen LogP contribution < -0.4 is 5.32 Å². The summed E-state index contributed by atoms with van der Waals surface area (Å²) in [6.07, 6.45) is 3.49. The fourth-order valence-corrected chi connectivity index (χ4v) is 1.55. The average Bonchev–Trinajstić information content (AvgIpc) is 2.39. The molecule has 0 aliphatic rings. The summed E-state index contributed by atoms with van der Waals surface area (Å²) in [4.78, 5) is 23.5. The molecule has 0 aliphatic heterocycles. The number of allylic oxidation sites excluding steroid dienone is 1. The van der Waals surface area contributed by atoms with E-state index in [1.54, 1.807) is 43.3 Å². The third-order valence-corrected chi connectivity index (χ3v) is 2.71. The van der Waals surface area contributed by atoms with Crippen LogP contribution in [0.15, 0.2) is 36.4 Å². The molecule has 0 radical (unpaired) electrons. The Labute approximate surface area is 117 Å². The zero-order valence-corrected chi connectivity index (χ0v) is 11.6. The number of nitrogens with one attached hydrogen (secondary N) is 1. The maximum absolute atomic E-state index is 11.9. The molecule has 0 saturated carbocycles. The Morgan fingerprint density at radius 1 is 1.42 bits per heavy atom. The Balaban J connectivity index is 2.57. The Kier molecular flexibility index (Phi) is 6.09. The highest BCUT2D eigenvalue weighted by Crippen LogP contribution is 2.14. The molecule has 1 rings (SSSR count). The van der Waals surface area contributed by atoms with Crippen molar-refractivity contribution >= 4 is 23.5 Å². The quantitative estimate of drug-likeness (QED) is 0.667. The van der Waals surface area contributed by atoms with E-state index >= 15 is 0 Å². The summed E-state index contributed by atoms with van der Waals surface area (Å²) in [6.45, 7) is 3.59. The number of hydrogen-bond donors (Lipinski definition) is 1. The largest absolute Gasteiger partial charge is 0.460 e. The molecule has 1 atom stereocenters. The molecule has 0 fully saturated rings. The van der Waals surface area contributed by atoms with Crippen molar-refractivity contribution in [3.8, 4) is 0 Å². The molecule has 19 heavy (non-hydrogen) atoms. The lowest BCUT2D eigenvalue weighted by Gasteiger charge is -2.13. The number of amides is 1. The minimum atomic E-state index is -0.728. The molecule has 1 N–H and O–H groups in total. The van der Waals surface area contributed by atoms with E-state index < -0.39 is 17.9 Å². The second-order valence-electron chi connectivity index (χ2n) is 3.87. The lowest BCUT2D eigenvalue weighted by atomic mass is 10.2. The molecule has 1 aromatic carbocycles. The number of carbonyl (C=O) groups excluding carboxylic acids is 2. The number of carbonyl (C=O) groups is 2. The summed E-state index contributed by atoms with van der Waals surface area (Å²) in [6, 6.07) is 5.92. The number of halogens is 1. The first kappa shape index (κ1) is 15.2. The molecule has 0 aliphatic carbocycles. The van der Waals surface area contributed by atoms with Crippen molar-refractivity contribution in [1.29, 1.82) is 0 Å². The first-order chi connectivity index (χ1) is 9.06. The highest BCUT2D eigenvalue weighted by molar-refractivity contribution is 6.33. The number of hydrogen-bond acceptors (Lipinski definition) is 3. The van der Waals surface area contributed by atoms with Gasteiger partial charge in [0.1, 0.15) is 12.6 Å². The standard InChI is InChI=1S/C14H16ClNO3/c1-3-4-9-19-14(18)10(2)16-13(17)11-7-5-6-8-12(11)15/h3-8,10H,9H2,1-2H3,(H,16,17)/b4-3+/t10-/m0/s1. The van der Waals surface area contributed by atoms with Crippen molar-refractivity contribution < 1.29 is 14.3 Å². The fourth-order valence-electron chi connectivity index (χ4n) is 1.33. The topological polar surface area (TPSA) is 55.4 Å². The van der Waals surface area contributed by atoms with Crippen LogP contribution in [0.4, 0.5) is 0 Å². The van der Waals surface area contributed by atoms with Gasteiger partial charge in [0.05, 0.1) is 10.6 Å². The zero-order chi connectivity index (χ0) is 14.3. The Hall–Kier alpha value is -1.81. The summed E-state index contributed by atoms with van der Waals surface area (Å²) < 4.78 is 4.94. The SMILES string of the molecule is C/C=C/COC(=O)[C@H](C)NC(=O)c1ccccc1Cl. The van der Waals surface area contributed by atoms with Crippen molar-refractivity contribution in [3.05, 3.63) is 47.0 Å². The first-order valence-corrected chi connectivity index (χ1v) is 6.27. The lowest BCUT2D eigenvalue weighted by molar-refractivity contribution is -0.144. The van der Waals surface area contributed by atoms with E-state index in [1.165, 1.54) is 0 Å². The van der Waals surface area contributed by atoms with E-state index in [1.807, 2.05) is 6.92 Å². The van der Waals surface area contributed by atoms with Crippen molar-refractivity contribution in [2.75, 3.05) is 6.61 Å². The van der Waals surface area contributed by atoms with Gasteiger partial charge in [-0.05, 0) is 26.0 Å². The smallest absolute Gasteiger partial charge is 0.328 e. The van der Waals surface area contributed by atoms with Crippen molar-refractivity contribution in [2.24, 2.45) is 0 Å². The van der Waals surface area contributed by atoms with Crippen LogP contribution >= 0.6 is 11.6 Å². The summed E-state index contributed by atoms with van der Waals surface area (Å²) in [5.74, 6) is -0.889. The van der Waals surface area contributed by atoms with Crippen LogP contribution in [0.5, 0.6) is 0 Å². The normalized spacial score (nSPS) is 12.2. The number of ether oxygens (including phenoxy) is 1. The second-order valence-corrected chi connectivity index (χ2v) is 4.28. The summed E-state index contributed by atoms with van der Waals surface area (Å²) >= 11 is 5.90. The van der Waals surface area contributed by atoms with E-state index in [0.717, 1.165) is 0 Å². The van der Waals surface area contributed by atoms with Gasteiger partial charge in [-0.15, -0.1) is 0 Å². The van der Waals surface area contributed by atoms with E-state index in [9.17, 15) is 9.59 Å². The molecule has 5 heteroatoms. The van der Waals surface area contributed by atoms with E-state index in [4.69, 9.17) is 16.3 Å². The van der Waals surface area contributed by atoms with Gasteiger partial charge < -0.3 is 10.1 Å². The predicted molar refractivity (Wildman–Crippen MR) is 74.2 cm³/mol. The van der Waals surface area contributed by atoms with E-state index in [-0.39, 0.29) is 6.61 Å². The summed E-state index contributed by atoms with van der Waals surface area (Å²) in [5, 5.41) is 2.88. The number of esters is 1. The lowest BCUT2D eigenvalue weighted by Crippen LogP contribution is -2.39. The number of benzene rings is 1. The van der Waals surface area contributed by atoms with E-state index in [2.05, 4.69) is 5.32 Å². The van der Waals surface area contributed by atoms with Gasteiger partial charge in [-0.3, -0.25) is 4.79 Å². The molecule has 1 aromatic rings.